The smallest absolute Gasteiger partial charge is 0.255 e. The normalized spacial score (nSPS) is 12.6. The lowest BCUT2D eigenvalue weighted by atomic mass is 10.2. The highest BCUT2D eigenvalue weighted by Gasteiger charge is 2.18. The van der Waals surface area contributed by atoms with E-state index in [9.17, 15) is 13.2 Å². The van der Waals surface area contributed by atoms with Crippen LogP contribution in [0.3, 0.4) is 0 Å². The third-order valence-corrected chi connectivity index (χ3v) is 5.08. The number of rotatable bonds is 7. The zero-order chi connectivity index (χ0) is 18.4. The summed E-state index contributed by atoms with van der Waals surface area (Å²) in [6, 6.07) is 12.9. The Hall–Kier alpha value is -2.22. The number of anilines is 1. The van der Waals surface area contributed by atoms with Crippen molar-refractivity contribution in [3.63, 3.8) is 0 Å². The maximum atomic E-state index is 12.3. The molecule has 2 N–H and O–H groups in total. The van der Waals surface area contributed by atoms with Crippen molar-refractivity contribution in [2.45, 2.75) is 24.8 Å². The Labute approximate surface area is 148 Å². The molecule has 0 unspecified atom stereocenters. The molecule has 0 saturated carbocycles. The Balaban J connectivity index is 2.09. The summed E-state index contributed by atoms with van der Waals surface area (Å²) in [5.41, 5.74) is 2.11. The summed E-state index contributed by atoms with van der Waals surface area (Å²) < 4.78 is 32.0. The molecular weight excluding hydrogens is 340 g/mol. The van der Waals surface area contributed by atoms with Crippen molar-refractivity contribution >= 4 is 21.6 Å². The summed E-state index contributed by atoms with van der Waals surface area (Å²) in [6.45, 7) is 3.92. The van der Waals surface area contributed by atoms with E-state index in [0.717, 1.165) is 5.56 Å². The molecule has 2 aromatic rings. The average molecular weight is 362 g/mol. The van der Waals surface area contributed by atoms with E-state index in [1.165, 1.54) is 31.4 Å². The van der Waals surface area contributed by atoms with E-state index in [1.807, 2.05) is 25.1 Å². The van der Waals surface area contributed by atoms with Gasteiger partial charge in [-0.1, -0.05) is 12.1 Å². The molecule has 0 fully saturated rings. The number of nitrogens with one attached hydrogen (secondary N) is 2. The number of hydrogen-bond donors (Lipinski definition) is 2. The fourth-order valence-corrected chi connectivity index (χ4v) is 3.56. The Morgan fingerprint density at radius 1 is 1.16 bits per heavy atom. The van der Waals surface area contributed by atoms with E-state index < -0.39 is 10.0 Å². The number of methoxy groups -OCH3 is 1. The highest BCUT2D eigenvalue weighted by molar-refractivity contribution is 7.89. The van der Waals surface area contributed by atoms with E-state index in [2.05, 4.69) is 10.0 Å². The third kappa shape index (κ3) is 5.38. The maximum Gasteiger partial charge on any atom is 0.255 e. The van der Waals surface area contributed by atoms with Crippen molar-refractivity contribution in [2.24, 2.45) is 0 Å². The molecule has 2 aromatic carbocycles. The molecule has 0 aliphatic carbocycles. The number of carbonyl (C=O) groups excluding carboxylic acids is 1. The number of carbonyl (C=O) groups is 1. The van der Waals surface area contributed by atoms with Crippen LogP contribution in [-0.2, 0) is 14.8 Å². The monoisotopic (exact) mass is 362 g/mol. The summed E-state index contributed by atoms with van der Waals surface area (Å²) in [7, 11) is -2.14. The predicted octanol–water partition coefficient (Wildman–Crippen LogP) is 2.56. The lowest BCUT2D eigenvalue weighted by Gasteiger charge is -2.13. The predicted molar refractivity (Wildman–Crippen MR) is 97.2 cm³/mol. The van der Waals surface area contributed by atoms with Crippen molar-refractivity contribution in [1.29, 1.82) is 0 Å². The Morgan fingerprint density at radius 3 is 2.44 bits per heavy atom. The van der Waals surface area contributed by atoms with Gasteiger partial charge in [-0.3, -0.25) is 4.79 Å². The van der Waals surface area contributed by atoms with Crippen molar-refractivity contribution in [3.8, 4) is 0 Å². The van der Waals surface area contributed by atoms with Crippen LogP contribution >= 0.6 is 0 Å². The summed E-state index contributed by atoms with van der Waals surface area (Å²) in [6.07, 6.45) is 0. The molecule has 1 atom stereocenters. The summed E-state index contributed by atoms with van der Waals surface area (Å²) in [4.78, 5) is 12.4. The minimum atomic E-state index is -3.65. The van der Waals surface area contributed by atoms with Gasteiger partial charge in [0.1, 0.15) is 0 Å². The molecule has 0 aromatic heterocycles. The van der Waals surface area contributed by atoms with Crippen LogP contribution in [0.4, 0.5) is 5.69 Å². The fraction of sp³-hybridized carbons (Fsp3) is 0.278. The van der Waals surface area contributed by atoms with Crippen LogP contribution in [0.25, 0.3) is 0 Å². The molecule has 7 heteroatoms. The molecular formula is C18H22N2O4S. The van der Waals surface area contributed by atoms with Gasteiger partial charge in [-0.2, -0.15) is 0 Å². The minimum Gasteiger partial charge on any atom is -0.383 e. The second kappa shape index (κ2) is 8.24. The number of benzene rings is 2. The Kier molecular flexibility index (Phi) is 6.30. The number of sulfonamides is 1. The average Bonchev–Trinajstić information content (AvgIpc) is 2.54. The molecule has 0 heterocycles. The fourth-order valence-electron chi connectivity index (χ4n) is 2.33. The van der Waals surface area contributed by atoms with Crippen molar-refractivity contribution in [2.75, 3.05) is 19.0 Å². The van der Waals surface area contributed by atoms with Crippen LogP contribution in [0, 0.1) is 6.92 Å². The topological polar surface area (TPSA) is 84.5 Å². The van der Waals surface area contributed by atoms with Gasteiger partial charge in [0.15, 0.2) is 0 Å². The molecule has 1 amide bonds. The second-order valence-electron chi connectivity index (χ2n) is 5.83. The lowest BCUT2D eigenvalue weighted by Crippen LogP contribution is -2.35. The van der Waals surface area contributed by atoms with E-state index >= 15 is 0 Å². The van der Waals surface area contributed by atoms with E-state index in [-0.39, 0.29) is 23.5 Å². The van der Waals surface area contributed by atoms with Crippen LogP contribution < -0.4 is 10.0 Å². The van der Waals surface area contributed by atoms with Crippen molar-refractivity contribution < 1.29 is 17.9 Å². The van der Waals surface area contributed by atoms with Crippen LogP contribution in [0.15, 0.2) is 53.4 Å². The molecule has 0 saturated heterocycles. The Bertz CT molecular complexity index is 832. The summed E-state index contributed by atoms with van der Waals surface area (Å²) in [5, 5.41) is 2.79. The van der Waals surface area contributed by atoms with Gasteiger partial charge in [-0.05, 0) is 55.8 Å². The highest BCUT2D eigenvalue weighted by Crippen LogP contribution is 2.14. The summed E-state index contributed by atoms with van der Waals surface area (Å²) in [5.74, 6) is -0.296. The summed E-state index contributed by atoms with van der Waals surface area (Å²) >= 11 is 0. The van der Waals surface area contributed by atoms with Crippen molar-refractivity contribution in [1.82, 2.24) is 4.72 Å². The second-order valence-corrected chi connectivity index (χ2v) is 7.54. The number of aryl methyl sites for hydroxylation is 1. The zero-order valence-electron chi connectivity index (χ0n) is 14.4. The largest absolute Gasteiger partial charge is 0.383 e. The van der Waals surface area contributed by atoms with Gasteiger partial charge >= 0.3 is 0 Å². The lowest BCUT2D eigenvalue weighted by molar-refractivity contribution is 0.102. The molecule has 134 valence electrons. The van der Waals surface area contributed by atoms with Crippen LogP contribution in [0.5, 0.6) is 0 Å². The van der Waals surface area contributed by atoms with Gasteiger partial charge in [0, 0.05) is 24.4 Å². The first-order valence-electron chi connectivity index (χ1n) is 7.81. The zero-order valence-corrected chi connectivity index (χ0v) is 15.3. The number of amides is 1. The van der Waals surface area contributed by atoms with E-state index in [4.69, 9.17) is 4.74 Å². The third-order valence-electron chi connectivity index (χ3n) is 3.48. The van der Waals surface area contributed by atoms with Gasteiger partial charge in [0.25, 0.3) is 5.91 Å². The Morgan fingerprint density at radius 2 is 1.84 bits per heavy atom. The highest BCUT2D eigenvalue weighted by atomic mass is 32.2. The van der Waals surface area contributed by atoms with Gasteiger partial charge in [0.2, 0.25) is 10.0 Å². The molecule has 6 nitrogen and oxygen atoms in total. The molecule has 25 heavy (non-hydrogen) atoms. The first-order chi connectivity index (χ1) is 11.8. The standard InChI is InChI=1S/C18H22N2O4S/c1-13-5-4-6-16(11-13)19-18(21)15-7-9-17(10-8-15)25(22,23)20-14(2)12-24-3/h4-11,14,20H,12H2,1-3H3,(H,19,21)/t14-/m0/s1. The first kappa shape index (κ1) is 19.1. The number of ether oxygens (including phenoxy) is 1. The molecule has 0 radical (unpaired) electrons. The van der Waals surface area contributed by atoms with Gasteiger partial charge < -0.3 is 10.1 Å². The molecule has 0 spiro atoms. The molecule has 2 rings (SSSR count). The van der Waals surface area contributed by atoms with Crippen molar-refractivity contribution in [3.05, 3.63) is 59.7 Å². The van der Waals surface area contributed by atoms with Gasteiger partial charge in [-0.15, -0.1) is 0 Å². The quantitative estimate of drug-likeness (QED) is 0.793. The van der Waals surface area contributed by atoms with Gasteiger partial charge in [0.05, 0.1) is 11.5 Å². The van der Waals surface area contributed by atoms with Crippen LogP contribution in [0.2, 0.25) is 0 Å². The van der Waals surface area contributed by atoms with Crippen LogP contribution in [-0.4, -0.2) is 34.1 Å². The molecule has 0 aliphatic rings. The molecule has 0 bridgehead atoms. The van der Waals surface area contributed by atoms with Gasteiger partial charge in [-0.25, -0.2) is 13.1 Å². The first-order valence-corrected chi connectivity index (χ1v) is 9.29. The molecule has 0 aliphatic heterocycles. The van der Waals surface area contributed by atoms with E-state index in [1.54, 1.807) is 13.0 Å². The minimum absolute atomic E-state index is 0.0996. The van der Waals surface area contributed by atoms with E-state index in [0.29, 0.717) is 11.3 Å². The van der Waals surface area contributed by atoms with Crippen LogP contribution in [0.1, 0.15) is 22.8 Å². The maximum absolute atomic E-state index is 12.3. The SMILES string of the molecule is COC[C@H](C)NS(=O)(=O)c1ccc(C(=O)Nc2cccc(C)c2)cc1. The number of hydrogen-bond acceptors (Lipinski definition) is 4.